The molecule has 0 aliphatic heterocycles. The number of carbonyl (C=O) groups excluding carboxylic acids is 1. The Labute approximate surface area is 121 Å². The lowest BCUT2D eigenvalue weighted by molar-refractivity contribution is -0.117. The number of thiophene rings is 1. The van der Waals surface area contributed by atoms with Gasteiger partial charge in [0.05, 0.1) is 6.42 Å². The number of primary amides is 1. The average Bonchev–Trinajstić information content (AvgIpc) is 2.86. The molecule has 0 aliphatic rings. The summed E-state index contributed by atoms with van der Waals surface area (Å²) in [6.07, 6.45) is 1.10. The average molecular weight is 295 g/mol. The molecule has 1 heterocycles. The number of hydrogen-bond acceptors (Lipinski definition) is 3. The number of carbonyl (C=O) groups is 1. The summed E-state index contributed by atoms with van der Waals surface area (Å²) in [4.78, 5) is 12.4. The van der Waals surface area contributed by atoms with Crippen molar-refractivity contribution in [2.24, 2.45) is 5.73 Å². The van der Waals surface area contributed by atoms with Gasteiger partial charge < -0.3 is 11.1 Å². The minimum Gasteiger partial charge on any atom is -0.384 e. The molecule has 2 rings (SSSR count). The molecule has 19 heavy (non-hydrogen) atoms. The SMILES string of the molecule is NC(=O)Cc1c(Cl)cccc1NCCc1cccs1. The van der Waals surface area contributed by atoms with E-state index < -0.39 is 0 Å². The van der Waals surface area contributed by atoms with E-state index in [1.165, 1.54) is 4.88 Å². The topological polar surface area (TPSA) is 55.1 Å². The number of benzene rings is 1. The normalized spacial score (nSPS) is 10.4. The summed E-state index contributed by atoms with van der Waals surface area (Å²) in [5.74, 6) is -0.380. The molecule has 0 radical (unpaired) electrons. The van der Waals surface area contributed by atoms with Crippen molar-refractivity contribution in [3.63, 3.8) is 0 Å². The highest BCUT2D eigenvalue weighted by Crippen LogP contribution is 2.25. The van der Waals surface area contributed by atoms with Crippen molar-refractivity contribution in [1.82, 2.24) is 0 Å². The van der Waals surface area contributed by atoms with E-state index in [-0.39, 0.29) is 12.3 Å². The molecule has 0 fully saturated rings. The van der Waals surface area contributed by atoms with E-state index in [0.29, 0.717) is 5.02 Å². The maximum Gasteiger partial charge on any atom is 0.221 e. The Morgan fingerprint density at radius 3 is 2.84 bits per heavy atom. The van der Waals surface area contributed by atoms with Crippen LogP contribution in [0.15, 0.2) is 35.7 Å². The van der Waals surface area contributed by atoms with E-state index in [1.807, 2.05) is 18.2 Å². The highest BCUT2D eigenvalue weighted by atomic mass is 35.5. The van der Waals surface area contributed by atoms with Crippen LogP contribution in [0.5, 0.6) is 0 Å². The Bertz CT molecular complexity index is 555. The summed E-state index contributed by atoms with van der Waals surface area (Å²) in [6, 6.07) is 9.69. The molecule has 100 valence electrons. The molecule has 0 unspecified atom stereocenters. The summed E-state index contributed by atoms with van der Waals surface area (Å²) < 4.78 is 0. The Morgan fingerprint density at radius 2 is 2.16 bits per heavy atom. The number of nitrogens with two attached hydrogens (primary N) is 1. The molecular formula is C14H15ClN2OS. The van der Waals surface area contributed by atoms with Crippen LogP contribution in [-0.4, -0.2) is 12.5 Å². The van der Waals surface area contributed by atoms with Crippen LogP contribution >= 0.6 is 22.9 Å². The molecule has 3 nitrogen and oxygen atoms in total. The summed E-state index contributed by atoms with van der Waals surface area (Å²) in [7, 11) is 0. The predicted molar refractivity (Wildman–Crippen MR) is 80.9 cm³/mol. The standard InChI is InChI=1S/C14H15ClN2OS/c15-12-4-1-5-13(11(12)9-14(16)18)17-7-6-10-3-2-8-19-10/h1-5,8,17H,6-7,9H2,(H2,16,18). The van der Waals surface area contributed by atoms with Gasteiger partial charge in [0.1, 0.15) is 0 Å². The van der Waals surface area contributed by atoms with E-state index in [0.717, 1.165) is 24.2 Å². The van der Waals surface area contributed by atoms with E-state index in [9.17, 15) is 4.79 Å². The molecule has 0 spiro atoms. The second-order valence-electron chi connectivity index (χ2n) is 4.17. The van der Waals surface area contributed by atoms with Crippen molar-refractivity contribution < 1.29 is 4.79 Å². The van der Waals surface area contributed by atoms with Gasteiger partial charge in [-0.2, -0.15) is 0 Å². The monoisotopic (exact) mass is 294 g/mol. The summed E-state index contributed by atoms with van der Waals surface area (Å²) in [5.41, 5.74) is 6.89. The van der Waals surface area contributed by atoms with Crippen LogP contribution in [0.25, 0.3) is 0 Å². The van der Waals surface area contributed by atoms with E-state index in [2.05, 4.69) is 16.8 Å². The number of anilines is 1. The molecule has 0 atom stereocenters. The van der Waals surface area contributed by atoms with Crippen LogP contribution in [0.4, 0.5) is 5.69 Å². The predicted octanol–water partition coefficient (Wildman–Crippen LogP) is 3.08. The van der Waals surface area contributed by atoms with Gasteiger partial charge in [0.15, 0.2) is 0 Å². The molecule has 1 aromatic heterocycles. The van der Waals surface area contributed by atoms with Gasteiger partial charge in [-0.05, 0) is 30.0 Å². The molecule has 1 aromatic carbocycles. The summed E-state index contributed by atoms with van der Waals surface area (Å²) in [5, 5.41) is 5.94. The van der Waals surface area contributed by atoms with Crippen LogP contribution in [-0.2, 0) is 17.6 Å². The molecule has 2 aromatic rings. The fourth-order valence-electron chi connectivity index (χ4n) is 1.85. The summed E-state index contributed by atoms with van der Waals surface area (Å²) in [6.45, 7) is 0.798. The molecule has 0 saturated carbocycles. The zero-order valence-corrected chi connectivity index (χ0v) is 11.9. The second-order valence-corrected chi connectivity index (χ2v) is 5.60. The third-order valence-electron chi connectivity index (χ3n) is 2.74. The molecular weight excluding hydrogens is 280 g/mol. The van der Waals surface area contributed by atoms with Crippen LogP contribution in [0.1, 0.15) is 10.4 Å². The van der Waals surface area contributed by atoms with Crippen molar-refractivity contribution >= 4 is 34.5 Å². The minimum atomic E-state index is -0.380. The zero-order chi connectivity index (χ0) is 13.7. The summed E-state index contributed by atoms with van der Waals surface area (Å²) >= 11 is 7.84. The number of nitrogens with one attached hydrogen (secondary N) is 1. The molecule has 5 heteroatoms. The van der Waals surface area contributed by atoms with Gasteiger partial charge in [0.2, 0.25) is 5.91 Å². The fraction of sp³-hybridized carbons (Fsp3) is 0.214. The Kier molecular flexibility index (Phi) is 4.82. The number of rotatable bonds is 6. The maximum atomic E-state index is 11.1. The lowest BCUT2D eigenvalue weighted by atomic mass is 10.1. The van der Waals surface area contributed by atoms with E-state index in [4.69, 9.17) is 17.3 Å². The Morgan fingerprint density at radius 1 is 1.32 bits per heavy atom. The van der Waals surface area contributed by atoms with Gasteiger partial charge >= 0.3 is 0 Å². The highest BCUT2D eigenvalue weighted by molar-refractivity contribution is 7.09. The van der Waals surface area contributed by atoms with Gasteiger partial charge in [-0.3, -0.25) is 4.79 Å². The minimum absolute atomic E-state index is 0.154. The first-order chi connectivity index (χ1) is 9.16. The van der Waals surface area contributed by atoms with Crippen molar-refractivity contribution in [3.8, 4) is 0 Å². The largest absolute Gasteiger partial charge is 0.384 e. The number of halogens is 1. The van der Waals surface area contributed by atoms with E-state index >= 15 is 0 Å². The molecule has 3 N–H and O–H groups in total. The van der Waals surface area contributed by atoms with Gasteiger partial charge in [-0.15, -0.1) is 11.3 Å². The lowest BCUT2D eigenvalue weighted by Gasteiger charge is -2.12. The third-order valence-corrected chi connectivity index (χ3v) is 4.03. The van der Waals surface area contributed by atoms with Gasteiger partial charge in [-0.1, -0.05) is 23.7 Å². The molecule has 1 amide bonds. The Hall–Kier alpha value is -1.52. The zero-order valence-electron chi connectivity index (χ0n) is 10.4. The van der Waals surface area contributed by atoms with Crippen LogP contribution in [0.3, 0.4) is 0 Å². The Balaban J connectivity index is 2.02. The maximum absolute atomic E-state index is 11.1. The van der Waals surface area contributed by atoms with E-state index in [1.54, 1.807) is 17.4 Å². The lowest BCUT2D eigenvalue weighted by Crippen LogP contribution is -2.16. The van der Waals surface area contributed by atoms with Crippen molar-refractivity contribution in [1.29, 1.82) is 0 Å². The first-order valence-electron chi connectivity index (χ1n) is 5.99. The van der Waals surface area contributed by atoms with Crippen LogP contribution < -0.4 is 11.1 Å². The van der Waals surface area contributed by atoms with Gasteiger partial charge in [0.25, 0.3) is 0 Å². The number of amides is 1. The van der Waals surface area contributed by atoms with Gasteiger partial charge in [0, 0.05) is 27.7 Å². The fourth-order valence-corrected chi connectivity index (χ4v) is 2.80. The molecule has 0 saturated heterocycles. The van der Waals surface area contributed by atoms with Crippen molar-refractivity contribution in [3.05, 3.63) is 51.2 Å². The smallest absolute Gasteiger partial charge is 0.221 e. The van der Waals surface area contributed by atoms with Gasteiger partial charge in [-0.25, -0.2) is 0 Å². The van der Waals surface area contributed by atoms with Crippen LogP contribution in [0, 0.1) is 0 Å². The van der Waals surface area contributed by atoms with Crippen molar-refractivity contribution in [2.75, 3.05) is 11.9 Å². The molecule has 0 bridgehead atoms. The molecule has 0 aliphatic carbocycles. The highest BCUT2D eigenvalue weighted by Gasteiger charge is 2.09. The first kappa shape index (κ1) is 13.9. The number of hydrogen-bond donors (Lipinski definition) is 2. The quantitative estimate of drug-likeness (QED) is 0.860. The second kappa shape index (κ2) is 6.59. The first-order valence-corrected chi connectivity index (χ1v) is 7.24. The van der Waals surface area contributed by atoms with Crippen LogP contribution in [0.2, 0.25) is 5.02 Å². The van der Waals surface area contributed by atoms with Crippen molar-refractivity contribution in [2.45, 2.75) is 12.8 Å². The third kappa shape index (κ3) is 3.98.